The van der Waals surface area contributed by atoms with E-state index < -0.39 is 0 Å². The van der Waals surface area contributed by atoms with E-state index in [0.717, 1.165) is 11.8 Å². The highest BCUT2D eigenvalue weighted by Crippen LogP contribution is 2.12. The lowest BCUT2D eigenvalue weighted by molar-refractivity contribution is 0.253. The first-order valence-electron chi connectivity index (χ1n) is 11.3. The van der Waals surface area contributed by atoms with Crippen LogP contribution in [0, 0.1) is 11.8 Å². The second-order valence-electron chi connectivity index (χ2n) is 8.74. The Balaban J connectivity index is 3.82. The second kappa shape index (κ2) is 17.8. The minimum absolute atomic E-state index is 0.876. The van der Waals surface area contributed by atoms with Gasteiger partial charge in [-0.2, -0.15) is 0 Å². The van der Waals surface area contributed by atoms with Gasteiger partial charge in [0, 0.05) is 0 Å². The van der Waals surface area contributed by atoms with Crippen molar-refractivity contribution in [2.24, 2.45) is 11.8 Å². The van der Waals surface area contributed by atoms with E-state index in [1.807, 2.05) is 0 Å². The van der Waals surface area contributed by atoms with Gasteiger partial charge in [0.05, 0.1) is 0 Å². The molecule has 146 valence electrons. The van der Waals surface area contributed by atoms with Gasteiger partial charge in [-0.25, -0.2) is 0 Å². The Bertz CT molecular complexity index is 216. The molecule has 0 radical (unpaired) electrons. The molecule has 0 unspecified atom stereocenters. The summed E-state index contributed by atoms with van der Waals surface area (Å²) >= 11 is 0. The van der Waals surface area contributed by atoms with Gasteiger partial charge in [-0.15, -0.1) is 0 Å². The zero-order chi connectivity index (χ0) is 18.0. The van der Waals surface area contributed by atoms with Crippen LogP contribution in [0.2, 0.25) is 0 Å². The third-order valence-electron chi connectivity index (χ3n) is 5.09. The van der Waals surface area contributed by atoms with Crippen LogP contribution in [-0.2, 0) is 0 Å². The van der Waals surface area contributed by atoms with Gasteiger partial charge in [0.1, 0.15) is 0 Å². The van der Waals surface area contributed by atoms with E-state index in [1.165, 1.54) is 103 Å². The van der Waals surface area contributed by atoms with Crippen LogP contribution in [0.4, 0.5) is 0 Å². The van der Waals surface area contributed by atoms with Crippen molar-refractivity contribution in [3.05, 3.63) is 0 Å². The van der Waals surface area contributed by atoms with Gasteiger partial charge < -0.3 is 4.90 Å². The molecule has 0 aliphatic carbocycles. The number of nitrogens with zero attached hydrogens (tertiary/aromatic N) is 1. The van der Waals surface area contributed by atoms with Crippen molar-refractivity contribution in [1.29, 1.82) is 0 Å². The Morgan fingerprint density at radius 2 is 0.875 bits per heavy atom. The molecule has 24 heavy (non-hydrogen) atoms. The van der Waals surface area contributed by atoms with Crippen molar-refractivity contribution in [3.63, 3.8) is 0 Å². The fourth-order valence-corrected chi connectivity index (χ4v) is 3.40. The monoisotopic (exact) mass is 339 g/mol. The van der Waals surface area contributed by atoms with E-state index in [1.54, 1.807) is 0 Å². The highest BCUT2D eigenvalue weighted by Gasteiger charge is 2.05. The quantitative estimate of drug-likeness (QED) is 0.231. The lowest BCUT2D eigenvalue weighted by atomic mass is 10.0. The van der Waals surface area contributed by atoms with E-state index in [4.69, 9.17) is 0 Å². The summed E-state index contributed by atoms with van der Waals surface area (Å²) < 4.78 is 0. The molecule has 0 aliphatic heterocycles. The van der Waals surface area contributed by atoms with Crippen LogP contribution >= 0.6 is 0 Å². The molecule has 0 aromatic heterocycles. The van der Waals surface area contributed by atoms with Crippen LogP contribution in [0.5, 0.6) is 0 Å². The first-order chi connectivity index (χ1) is 11.6. The largest absolute Gasteiger partial charge is 0.303 e. The minimum Gasteiger partial charge on any atom is -0.303 e. The molecule has 0 saturated heterocycles. The third kappa shape index (κ3) is 18.3. The fraction of sp³-hybridized carbons (Fsp3) is 1.00. The van der Waals surface area contributed by atoms with Crippen molar-refractivity contribution >= 4 is 0 Å². The number of unbranched alkanes of at least 4 members (excludes halogenated alkanes) is 8. The second-order valence-corrected chi connectivity index (χ2v) is 8.74. The van der Waals surface area contributed by atoms with E-state index >= 15 is 0 Å². The molecule has 0 atom stereocenters. The number of rotatable bonds is 18. The van der Waals surface area contributed by atoms with Crippen LogP contribution < -0.4 is 0 Å². The van der Waals surface area contributed by atoms with E-state index in [-0.39, 0.29) is 0 Å². The van der Waals surface area contributed by atoms with Crippen molar-refractivity contribution < 1.29 is 0 Å². The minimum atomic E-state index is 0.876. The van der Waals surface area contributed by atoms with Gasteiger partial charge in [-0.1, -0.05) is 98.8 Å². The average Bonchev–Trinajstić information content (AvgIpc) is 2.52. The lowest BCUT2D eigenvalue weighted by Gasteiger charge is -2.22. The molecule has 0 rings (SSSR count). The maximum atomic E-state index is 2.77. The molecule has 1 heteroatoms. The third-order valence-corrected chi connectivity index (χ3v) is 5.09. The van der Waals surface area contributed by atoms with Gasteiger partial charge in [0.15, 0.2) is 0 Å². The molecular formula is C23H49N. The van der Waals surface area contributed by atoms with Crippen LogP contribution in [0.3, 0.4) is 0 Å². The van der Waals surface area contributed by atoms with Crippen molar-refractivity contribution in [2.75, 3.05) is 19.6 Å². The molecule has 0 N–H and O–H groups in total. The summed E-state index contributed by atoms with van der Waals surface area (Å²) in [6.45, 7) is 15.7. The topological polar surface area (TPSA) is 3.24 Å². The summed E-state index contributed by atoms with van der Waals surface area (Å²) in [5, 5.41) is 0. The summed E-state index contributed by atoms with van der Waals surface area (Å²) in [6, 6.07) is 0. The van der Waals surface area contributed by atoms with E-state index in [2.05, 4.69) is 39.5 Å². The smallest absolute Gasteiger partial charge is 0.00187 e. The Hall–Kier alpha value is -0.0400. The Morgan fingerprint density at radius 3 is 1.25 bits per heavy atom. The molecule has 1 nitrogen and oxygen atoms in total. The first-order valence-corrected chi connectivity index (χ1v) is 11.3. The Labute approximate surface area is 155 Å². The average molecular weight is 340 g/mol. The molecule has 0 heterocycles. The summed E-state index contributed by atoms with van der Waals surface area (Å²) in [6.07, 6.45) is 18.4. The fourth-order valence-electron chi connectivity index (χ4n) is 3.40. The van der Waals surface area contributed by atoms with Gasteiger partial charge in [0.2, 0.25) is 0 Å². The van der Waals surface area contributed by atoms with Crippen LogP contribution in [0.15, 0.2) is 0 Å². The summed E-state index contributed by atoms with van der Waals surface area (Å²) in [5.74, 6) is 1.75. The zero-order valence-corrected chi connectivity index (χ0v) is 17.9. The molecule has 0 aromatic carbocycles. The molecule has 0 bridgehead atoms. The van der Waals surface area contributed by atoms with Gasteiger partial charge in [-0.3, -0.25) is 0 Å². The summed E-state index contributed by atoms with van der Waals surface area (Å²) in [4.78, 5) is 2.77. The van der Waals surface area contributed by atoms with Crippen molar-refractivity contribution in [1.82, 2.24) is 4.90 Å². The van der Waals surface area contributed by atoms with Gasteiger partial charge >= 0.3 is 0 Å². The molecular weight excluding hydrogens is 290 g/mol. The number of hydrogen-bond acceptors (Lipinski definition) is 1. The van der Waals surface area contributed by atoms with Crippen LogP contribution in [0.1, 0.15) is 118 Å². The highest BCUT2D eigenvalue weighted by atomic mass is 15.1. The van der Waals surface area contributed by atoms with Crippen LogP contribution in [-0.4, -0.2) is 24.5 Å². The Kier molecular flexibility index (Phi) is 17.7. The normalized spacial score (nSPS) is 12.0. The van der Waals surface area contributed by atoms with E-state index in [0.29, 0.717) is 0 Å². The van der Waals surface area contributed by atoms with Gasteiger partial charge in [-0.05, 0) is 50.7 Å². The van der Waals surface area contributed by atoms with Gasteiger partial charge in [0.25, 0.3) is 0 Å². The lowest BCUT2D eigenvalue weighted by Crippen LogP contribution is -2.27. The first kappa shape index (κ1) is 24.0. The maximum absolute atomic E-state index is 2.77. The van der Waals surface area contributed by atoms with E-state index in [9.17, 15) is 0 Å². The molecule has 0 saturated carbocycles. The SMILES string of the molecule is CCCCCCCN(CCCCCC(C)C)CCCCCC(C)C. The summed E-state index contributed by atoms with van der Waals surface area (Å²) in [7, 11) is 0. The standard InChI is InChI=1S/C23H49N/c1-6-7-8-9-14-19-24(20-15-10-12-17-22(2)3)21-16-11-13-18-23(4)5/h22-23H,6-21H2,1-5H3. The van der Waals surface area contributed by atoms with Crippen molar-refractivity contribution in [2.45, 2.75) is 118 Å². The summed E-state index contributed by atoms with van der Waals surface area (Å²) in [5.41, 5.74) is 0. The van der Waals surface area contributed by atoms with Crippen molar-refractivity contribution in [3.8, 4) is 0 Å². The highest BCUT2D eigenvalue weighted by molar-refractivity contribution is 4.61. The molecule has 0 amide bonds. The maximum Gasteiger partial charge on any atom is -0.00187 e. The molecule has 0 aromatic rings. The zero-order valence-electron chi connectivity index (χ0n) is 17.9. The molecule has 0 spiro atoms. The Morgan fingerprint density at radius 1 is 0.500 bits per heavy atom. The van der Waals surface area contributed by atoms with Crippen LogP contribution in [0.25, 0.3) is 0 Å². The predicted octanol–water partition coefficient (Wildman–Crippen LogP) is 7.69. The molecule has 0 fully saturated rings. The predicted molar refractivity (Wildman–Crippen MR) is 112 cm³/mol. The number of hydrogen-bond donors (Lipinski definition) is 0. The molecule has 0 aliphatic rings.